The average molecular weight is 350 g/mol. The van der Waals surface area contributed by atoms with Crippen LogP contribution in [0.25, 0.3) is 0 Å². The van der Waals surface area contributed by atoms with Crippen LogP contribution in [0.2, 0.25) is 0 Å². The Hall–Kier alpha value is -1.28. The summed E-state index contributed by atoms with van der Waals surface area (Å²) in [6.07, 6.45) is 7.41. The molecule has 0 radical (unpaired) electrons. The Morgan fingerprint density at radius 1 is 0.960 bits per heavy atom. The van der Waals surface area contributed by atoms with E-state index in [-0.39, 0.29) is 5.54 Å². The van der Waals surface area contributed by atoms with Gasteiger partial charge in [0.1, 0.15) is 0 Å². The second-order valence-electron chi connectivity index (χ2n) is 9.16. The van der Waals surface area contributed by atoms with E-state index in [1.54, 1.807) is 10.4 Å². The zero-order chi connectivity index (χ0) is 16.8. The highest BCUT2D eigenvalue weighted by Crippen LogP contribution is 2.69. The molecule has 0 saturated heterocycles. The molecule has 1 aromatic heterocycles. The third kappa shape index (κ3) is 1.70. The van der Waals surface area contributed by atoms with Gasteiger partial charge in [-0.25, -0.2) is 0 Å². The molecule has 1 aliphatic heterocycles. The van der Waals surface area contributed by atoms with Crippen LogP contribution in [0, 0.1) is 30.6 Å². The third-order valence-electron chi connectivity index (χ3n) is 8.05. The summed E-state index contributed by atoms with van der Waals surface area (Å²) in [5.74, 6) is 3.76. The molecule has 7 rings (SSSR count). The molecule has 4 fully saturated rings. The molecule has 5 aliphatic rings. The Labute approximate surface area is 155 Å². The number of hydrogen-bond acceptors (Lipinski definition) is 2. The first-order valence-corrected chi connectivity index (χ1v) is 11.0. The zero-order valence-corrected chi connectivity index (χ0v) is 16.1. The van der Waals surface area contributed by atoms with Crippen LogP contribution in [0.4, 0.5) is 5.69 Å². The lowest BCUT2D eigenvalue weighted by molar-refractivity contribution is -0.0602. The summed E-state index contributed by atoms with van der Waals surface area (Å²) in [4.78, 5) is 4.55. The maximum Gasteiger partial charge on any atom is 0.0728 e. The van der Waals surface area contributed by atoms with Crippen molar-refractivity contribution in [2.24, 2.45) is 23.7 Å². The number of benzene rings is 1. The van der Waals surface area contributed by atoms with Gasteiger partial charge in [0.15, 0.2) is 0 Å². The quantitative estimate of drug-likeness (QED) is 0.585. The first kappa shape index (κ1) is 14.8. The van der Waals surface area contributed by atoms with Gasteiger partial charge in [-0.15, -0.1) is 11.3 Å². The maximum absolute atomic E-state index is 2.90. The molecule has 2 heteroatoms. The number of hydrogen-bond donors (Lipinski definition) is 0. The lowest BCUT2D eigenvalue weighted by Crippen LogP contribution is -2.62. The molecule has 1 nitrogen and oxygen atoms in total. The SMILES string of the molecule is Cc1ccccc1N1C(C)c2sccc2C12C1CC3CC(C1)CC2C3. The van der Waals surface area contributed by atoms with Gasteiger partial charge < -0.3 is 4.90 Å². The fraction of sp³-hybridized carbons (Fsp3) is 0.565. The highest BCUT2D eigenvalue weighted by Gasteiger charge is 2.64. The van der Waals surface area contributed by atoms with Crippen LogP contribution in [-0.2, 0) is 5.54 Å². The summed E-state index contributed by atoms with van der Waals surface area (Å²) < 4.78 is 0. The number of anilines is 1. The van der Waals surface area contributed by atoms with Crippen molar-refractivity contribution in [2.75, 3.05) is 4.90 Å². The van der Waals surface area contributed by atoms with Crippen molar-refractivity contribution in [2.45, 2.75) is 57.5 Å². The molecule has 0 N–H and O–H groups in total. The van der Waals surface area contributed by atoms with E-state index in [1.165, 1.54) is 43.4 Å². The van der Waals surface area contributed by atoms with Crippen molar-refractivity contribution in [3.8, 4) is 0 Å². The molecule has 130 valence electrons. The Balaban J connectivity index is 1.61. The Kier molecular flexibility index (Phi) is 2.92. The van der Waals surface area contributed by atoms with Gasteiger partial charge in [0, 0.05) is 10.6 Å². The number of fused-ring (bicyclic) bond motifs is 1. The number of rotatable bonds is 1. The first-order valence-electron chi connectivity index (χ1n) is 10.1. The summed E-state index contributed by atoms with van der Waals surface area (Å²) in [6, 6.07) is 12.1. The molecule has 1 aromatic carbocycles. The van der Waals surface area contributed by atoms with Crippen molar-refractivity contribution in [1.29, 1.82) is 0 Å². The smallest absolute Gasteiger partial charge is 0.0728 e. The number of aryl methyl sites for hydroxylation is 1. The van der Waals surface area contributed by atoms with Crippen LogP contribution in [0.1, 0.15) is 61.1 Å². The van der Waals surface area contributed by atoms with Crippen molar-refractivity contribution >= 4 is 17.0 Å². The molecule has 4 bridgehead atoms. The minimum Gasteiger partial charge on any atom is -0.353 e. The second kappa shape index (κ2) is 4.91. The van der Waals surface area contributed by atoms with E-state index in [0.29, 0.717) is 6.04 Å². The van der Waals surface area contributed by atoms with Crippen molar-refractivity contribution in [3.05, 3.63) is 51.7 Å². The van der Waals surface area contributed by atoms with Gasteiger partial charge in [0.05, 0.1) is 11.6 Å². The highest BCUT2D eigenvalue weighted by atomic mass is 32.1. The number of thiophene rings is 1. The predicted molar refractivity (Wildman–Crippen MR) is 105 cm³/mol. The van der Waals surface area contributed by atoms with E-state index in [0.717, 1.165) is 23.7 Å². The molecule has 2 heterocycles. The molecular formula is C23H27NS. The van der Waals surface area contributed by atoms with Crippen LogP contribution in [0.3, 0.4) is 0 Å². The summed E-state index contributed by atoms with van der Waals surface area (Å²) >= 11 is 2.00. The number of para-hydroxylation sites is 1. The molecule has 1 atom stereocenters. The molecular weight excluding hydrogens is 322 g/mol. The maximum atomic E-state index is 2.90. The second-order valence-corrected chi connectivity index (χ2v) is 10.1. The van der Waals surface area contributed by atoms with Crippen molar-refractivity contribution in [3.63, 3.8) is 0 Å². The lowest BCUT2D eigenvalue weighted by Gasteiger charge is -2.64. The van der Waals surface area contributed by atoms with Gasteiger partial charge in [-0.1, -0.05) is 18.2 Å². The van der Waals surface area contributed by atoms with Crippen LogP contribution in [0.5, 0.6) is 0 Å². The van der Waals surface area contributed by atoms with Crippen LogP contribution in [0.15, 0.2) is 35.7 Å². The summed E-state index contributed by atoms with van der Waals surface area (Å²) in [6.45, 7) is 4.76. The van der Waals surface area contributed by atoms with Crippen LogP contribution in [-0.4, -0.2) is 0 Å². The van der Waals surface area contributed by atoms with Gasteiger partial charge in [0.2, 0.25) is 0 Å². The highest BCUT2D eigenvalue weighted by molar-refractivity contribution is 7.10. The lowest BCUT2D eigenvalue weighted by atomic mass is 9.47. The number of nitrogens with zero attached hydrogens (tertiary/aromatic N) is 1. The van der Waals surface area contributed by atoms with Crippen molar-refractivity contribution < 1.29 is 0 Å². The van der Waals surface area contributed by atoms with Crippen molar-refractivity contribution in [1.82, 2.24) is 0 Å². The molecule has 4 saturated carbocycles. The predicted octanol–water partition coefficient (Wildman–Crippen LogP) is 6.29. The van der Waals surface area contributed by atoms with Crippen LogP contribution < -0.4 is 4.90 Å². The monoisotopic (exact) mass is 349 g/mol. The Morgan fingerprint density at radius 2 is 1.64 bits per heavy atom. The molecule has 25 heavy (non-hydrogen) atoms. The van der Waals surface area contributed by atoms with Gasteiger partial charge in [-0.05, 0) is 98.3 Å². The van der Waals surface area contributed by atoms with E-state index in [2.05, 4.69) is 54.5 Å². The summed E-state index contributed by atoms with van der Waals surface area (Å²) in [7, 11) is 0. The molecule has 2 aromatic rings. The van der Waals surface area contributed by atoms with Gasteiger partial charge in [-0.3, -0.25) is 0 Å². The van der Waals surface area contributed by atoms with Gasteiger partial charge in [-0.2, -0.15) is 0 Å². The van der Waals surface area contributed by atoms with E-state index in [9.17, 15) is 0 Å². The molecule has 1 unspecified atom stereocenters. The normalized spacial score (nSPS) is 40.9. The van der Waals surface area contributed by atoms with Crippen LogP contribution >= 0.6 is 11.3 Å². The van der Waals surface area contributed by atoms with E-state index < -0.39 is 0 Å². The van der Waals surface area contributed by atoms with Gasteiger partial charge in [0.25, 0.3) is 0 Å². The molecule has 1 spiro atoms. The fourth-order valence-corrected chi connectivity index (χ4v) is 8.53. The average Bonchev–Trinajstić information content (AvgIpc) is 3.15. The third-order valence-corrected chi connectivity index (χ3v) is 9.14. The summed E-state index contributed by atoms with van der Waals surface area (Å²) in [5.41, 5.74) is 4.93. The minimum atomic E-state index is 0.286. The summed E-state index contributed by atoms with van der Waals surface area (Å²) in [5, 5.41) is 2.36. The Morgan fingerprint density at radius 3 is 2.32 bits per heavy atom. The van der Waals surface area contributed by atoms with Gasteiger partial charge >= 0.3 is 0 Å². The zero-order valence-electron chi connectivity index (χ0n) is 15.2. The molecule has 0 amide bonds. The first-order chi connectivity index (χ1) is 12.2. The Bertz CT molecular complexity index is 806. The molecule has 4 aliphatic carbocycles. The minimum absolute atomic E-state index is 0.286. The van der Waals surface area contributed by atoms with E-state index in [1.807, 2.05) is 11.3 Å². The standard InChI is InChI=1S/C23H27NS/c1-14-5-3-4-6-21(14)24-15(2)22-20(7-8-25-22)23(24)18-10-16-9-17(12-18)13-19(23)11-16/h3-8,15-19H,9-13H2,1-2H3. The largest absolute Gasteiger partial charge is 0.353 e. The topological polar surface area (TPSA) is 3.24 Å². The van der Waals surface area contributed by atoms with E-state index in [4.69, 9.17) is 0 Å². The fourth-order valence-electron chi connectivity index (χ4n) is 7.52. The van der Waals surface area contributed by atoms with E-state index >= 15 is 0 Å².